The van der Waals surface area contributed by atoms with Gasteiger partial charge in [-0.3, -0.25) is 9.59 Å². The van der Waals surface area contributed by atoms with Gasteiger partial charge in [-0.05, 0) is 30.5 Å². The maximum atomic E-state index is 11.9. The third-order valence-corrected chi connectivity index (χ3v) is 3.84. The second-order valence-corrected chi connectivity index (χ2v) is 5.52. The van der Waals surface area contributed by atoms with E-state index in [0.717, 1.165) is 30.6 Å². The summed E-state index contributed by atoms with van der Waals surface area (Å²) in [5.41, 5.74) is 7.41. The Hall–Kier alpha value is -1.88. The summed E-state index contributed by atoms with van der Waals surface area (Å²) in [5.74, 6) is -0.0119. The van der Waals surface area contributed by atoms with Gasteiger partial charge < -0.3 is 16.0 Å². The smallest absolute Gasteiger partial charge is 0.226 e. The van der Waals surface area contributed by atoms with Crippen LogP contribution in [0.1, 0.15) is 31.7 Å². The van der Waals surface area contributed by atoms with Crippen LogP contribution in [0.3, 0.4) is 0 Å². The highest BCUT2D eigenvalue weighted by molar-refractivity contribution is 5.93. The summed E-state index contributed by atoms with van der Waals surface area (Å²) in [5, 5.41) is 2.86. The molecule has 0 aliphatic carbocycles. The number of amides is 2. The second-order valence-electron chi connectivity index (χ2n) is 5.52. The lowest BCUT2D eigenvalue weighted by atomic mass is 10.1. The summed E-state index contributed by atoms with van der Waals surface area (Å²) < 4.78 is 0. The minimum atomic E-state index is -0.171. The van der Waals surface area contributed by atoms with Crippen LogP contribution in [0.5, 0.6) is 0 Å². The van der Waals surface area contributed by atoms with Gasteiger partial charge in [-0.25, -0.2) is 0 Å². The summed E-state index contributed by atoms with van der Waals surface area (Å²) in [6.07, 6.45) is 2.67. The van der Waals surface area contributed by atoms with Crippen LogP contribution < -0.4 is 16.0 Å². The molecular formula is C16H23N3O2. The zero-order chi connectivity index (χ0) is 15.2. The van der Waals surface area contributed by atoms with E-state index in [-0.39, 0.29) is 17.7 Å². The first-order chi connectivity index (χ1) is 10.1. The van der Waals surface area contributed by atoms with E-state index in [0.29, 0.717) is 19.5 Å². The average molecular weight is 289 g/mol. The maximum absolute atomic E-state index is 11.9. The lowest BCUT2D eigenvalue weighted by Crippen LogP contribution is -2.35. The lowest BCUT2D eigenvalue weighted by molar-refractivity contribution is -0.124. The van der Waals surface area contributed by atoms with Gasteiger partial charge in [-0.2, -0.15) is 0 Å². The van der Waals surface area contributed by atoms with E-state index < -0.39 is 0 Å². The molecule has 1 unspecified atom stereocenters. The van der Waals surface area contributed by atoms with E-state index in [1.807, 2.05) is 29.2 Å². The molecule has 2 rings (SSSR count). The highest BCUT2D eigenvalue weighted by atomic mass is 16.2. The maximum Gasteiger partial charge on any atom is 0.226 e. The first kappa shape index (κ1) is 15.5. The number of anilines is 1. The number of hydrogen-bond donors (Lipinski definition) is 2. The van der Waals surface area contributed by atoms with Crippen molar-refractivity contribution in [2.24, 2.45) is 11.7 Å². The summed E-state index contributed by atoms with van der Waals surface area (Å²) >= 11 is 0. The Bertz CT molecular complexity index is 499. The molecule has 0 saturated carbocycles. The molecule has 2 amide bonds. The first-order valence-electron chi connectivity index (χ1n) is 7.49. The number of benzene rings is 1. The van der Waals surface area contributed by atoms with Gasteiger partial charge in [0.1, 0.15) is 0 Å². The molecule has 0 aromatic heterocycles. The van der Waals surface area contributed by atoms with Crippen LogP contribution in [0.15, 0.2) is 24.3 Å². The van der Waals surface area contributed by atoms with Crippen molar-refractivity contribution < 1.29 is 9.59 Å². The van der Waals surface area contributed by atoms with Crippen molar-refractivity contribution in [2.45, 2.75) is 32.7 Å². The van der Waals surface area contributed by atoms with E-state index in [4.69, 9.17) is 5.73 Å². The van der Waals surface area contributed by atoms with E-state index in [1.54, 1.807) is 6.92 Å². The van der Waals surface area contributed by atoms with Crippen molar-refractivity contribution in [3.63, 3.8) is 0 Å². The van der Waals surface area contributed by atoms with Gasteiger partial charge in [-0.15, -0.1) is 0 Å². The fourth-order valence-electron chi connectivity index (χ4n) is 2.34. The van der Waals surface area contributed by atoms with Crippen LogP contribution in [0.25, 0.3) is 0 Å². The minimum absolute atomic E-state index is 0.0345. The standard InChI is InChI=1S/C16H23N3O2/c1-12(10-17)16(21)18-11-13-5-7-14(8-6-13)19-9-3-2-4-15(19)20/h5-8,12H,2-4,9-11,17H2,1H3,(H,18,21). The van der Waals surface area contributed by atoms with Gasteiger partial charge >= 0.3 is 0 Å². The molecule has 1 atom stereocenters. The summed E-state index contributed by atoms with van der Waals surface area (Å²) in [6.45, 7) is 3.43. The van der Waals surface area contributed by atoms with E-state index >= 15 is 0 Å². The number of carbonyl (C=O) groups is 2. The Morgan fingerprint density at radius 2 is 2.05 bits per heavy atom. The van der Waals surface area contributed by atoms with Gasteiger partial charge in [0.2, 0.25) is 11.8 Å². The molecule has 1 heterocycles. The Kier molecular flexibility index (Phi) is 5.33. The molecule has 1 aliphatic rings. The van der Waals surface area contributed by atoms with Crippen LogP contribution >= 0.6 is 0 Å². The highest BCUT2D eigenvalue weighted by Crippen LogP contribution is 2.21. The zero-order valence-corrected chi connectivity index (χ0v) is 12.5. The van der Waals surface area contributed by atoms with Crippen LogP contribution in [0.4, 0.5) is 5.69 Å². The van der Waals surface area contributed by atoms with Gasteiger partial charge in [0.25, 0.3) is 0 Å². The summed E-state index contributed by atoms with van der Waals surface area (Å²) in [6, 6.07) is 7.78. The fourth-order valence-corrected chi connectivity index (χ4v) is 2.34. The Labute approximate surface area is 125 Å². The van der Waals surface area contributed by atoms with Crippen molar-refractivity contribution >= 4 is 17.5 Å². The van der Waals surface area contributed by atoms with Crippen molar-refractivity contribution in [1.29, 1.82) is 0 Å². The normalized spacial score (nSPS) is 16.7. The number of carbonyl (C=O) groups excluding carboxylic acids is 2. The number of hydrogen-bond acceptors (Lipinski definition) is 3. The summed E-state index contributed by atoms with van der Waals surface area (Å²) in [7, 11) is 0. The number of nitrogens with one attached hydrogen (secondary N) is 1. The second kappa shape index (κ2) is 7.22. The predicted molar refractivity (Wildman–Crippen MR) is 82.7 cm³/mol. The largest absolute Gasteiger partial charge is 0.352 e. The molecule has 3 N–H and O–H groups in total. The van der Waals surface area contributed by atoms with Crippen LogP contribution in [0, 0.1) is 5.92 Å². The predicted octanol–water partition coefficient (Wildman–Crippen LogP) is 1.41. The monoisotopic (exact) mass is 289 g/mol. The zero-order valence-electron chi connectivity index (χ0n) is 12.5. The number of rotatable bonds is 5. The third-order valence-electron chi connectivity index (χ3n) is 3.84. The molecule has 1 aromatic carbocycles. The molecule has 21 heavy (non-hydrogen) atoms. The third kappa shape index (κ3) is 4.04. The number of piperidine rings is 1. The highest BCUT2D eigenvalue weighted by Gasteiger charge is 2.19. The molecule has 1 fully saturated rings. The molecule has 5 heteroatoms. The number of nitrogens with two attached hydrogens (primary N) is 1. The van der Waals surface area contributed by atoms with Gasteiger partial charge in [0, 0.05) is 37.7 Å². The molecule has 114 valence electrons. The van der Waals surface area contributed by atoms with E-state index in [1.165, 1.54) is 0 Å². The van der Waals surface area contributed by atoms with Gasteiger partial charge in [0.05, 0.1) is 0 Å². The molecule has 5 nitrogen and oxygen atoms in total. The van der Waals surface area contributed by atoms with Crippen molar-refractivity contribution in [1.82, 2.24) is 5.32 Å². The first-order valence-corrected chi connectivity index (χ1v) is 7.49. The van der Waals surface area contributed by atoms with Gasteiger partial charge in [0.15, 0.2) is 0 Å². The Morgan fingerprint density at radius 1 is 1.33 bits per heavy atom. The van der Waals surface area contributed by atoms with Crippen molar-refractivity contribution in [3.8, 4) is 0 Å². The van der Waals surface area contributed by atoms with E-state index in [2.05, 4.69) is 5.32 Å². The average Bonchev–Trinajstić information content (AvgIpc) is 2.53. The van der Waals surface area contributed by atoms with Crippen LogP contribution in [-0.2, 0) is 16.1 Å². The molecule has 1 aliphatic heterocycles. The Balaban J connectivity index is 1.93. The SMILES string of the molecule is CC(CN)C(=O)NCc1ccc(N2CCCCC2=O)cc1. The Morgan fingerprint density at radius 3 is 2.67 bits per heavy atom. The number of nitrogens with zero attached hydrogens (tertiary/aromatic N) is 1. The molecule has 1 aromatic rings. The van der Waals surface area contributed by atoms with Crippen molar-refractivity contribution in [2.75, 3.05) is 18.0 Å². The van der Waals surface area contributed by atoms with Crippen LogP contribution in [-0.4, -0.2) is 24.9 Å². The van der Waals surface area contributed by atoms with Crippen molar-refractivity contribution in [3.05, 3.63) is 29.8 Å². The quantitative estimate of drug-likeness (QED) is 0.860. The molecule has 0 spiro atoms. The van der Waals surface area contributed by atoms with Crippen LogP contribution in [0.2, 0.25) is 0 Å². The molecule has 0 bridgehead atoms. The minimum Gasteiger partial charge on any atom is -0.352 e. The van der Waals surface area contributed by atoms with Gasteiger partial charge in [-0.1, -0.05) is 19.1 Å². The fraction of sp³-hybridized carbons (Fsp3) is 0.500. The lowest BCUT2D eigenvalue weighted by Gasteiger charge is -2.26. The molecular weight excluding hydrogens is 266 g/mol. The topological polar surface area (TPSA) is 75.4 Å². The molecule has 0 radical (unpaired) electrons. The van der Waals surface area contributed by atoms with E-state index in [9.17, 15) is 9.59 Å². The molecule has 1 saturated heterocycles. The summed E-state index contributed by atoms with van der Waals surface area (Å²) in [4.78, 5) is 25.4.